The van der Waals surface area contributed by atoms with Crippen LogP contribution in [0.4, 0.5) is 5.69 Å². The monoisotopic (exact) mass is 410 g/mol. The molecule has 0 spiro atoms. The van der Waals surface area contributed by atoms with E-state index in [1.165, 1.54) is 0 Å². The molecule has 1 unspecified atom stereocenters. The summed E-state index contributed by atoms with van der Waals surface area (Å²) >= 11 is 0. The summed E-state index contributed by atoms with van der Waals surface area (Å²) in [5.74, 6) is 1.43. The number of methoxy groups -OCH3 is 1. The molecule has 1 atom stereocenters. The van der Waals surface area contributed by atoms with Crippen molar-refractivity contribution < 1.29 is 19.7 Å². The van der Waals surface area contributed by atoms with Crippen LogP contribution in [0.2, 0.25) is 0 Å². The molecule has 6 nitrogen and oxygen atoms in total. The third-order valence-electron chi connectivity index (χ3n) is 5.56. The van der Waals surface area contributed by atoms with E-state index in [-0.39, 0.29) is 17.9 Å². The fraction of sp³-hybridized carbons (Fsp3) is 0.375. The summed E-state index contributed by atoms with van der Waals surface area (Å²) in [5, 5.41) is 19.4. The second-order valence-corrected chi connectivity index (χ2v) is 7.40. The van der Waals surface area contributed by atoms with Gasteiger partial charge < -0.3 is 24.6 Å². The zero-order valence-electron chi connectivity index (χ0n) is 18.1. The largest absolute Gasteiger partial charge is 0.504 e. The van der Waals surface area contributed by atoms with Crippen LogP contribution in [0.1, 0.15) is 31.9 Å². The second-order valence-electron chi connectivity index (χ2n) is 7.40. The predicted molar refractivity (Wildman–Crippen MR) is 120 cm³/mol. The molecule has 0 aliphatic carbocycles. The number of hydrogen-bond donors (Lipinski definition) is 2. The fourth-order valence-corrected chi connectivity index (χ4v) is 4.21. The molecule has 1 heterocycles. The summed E-state index contributed by atoms with van der Waals surface area (Å²) < 4.78 is 11.0. The van der Waals surface area contributed by atoms with Crippen LogP contribution in [0.15, 0.2) is 53.2 Å². The number of anilines is 1. The molecule has 0 aromatic heterocycles. The summed E-state index contributed by atoms with van der Waals surface area (Å²) in [6, 6.07) is 11.7. The van der Waals surface area contributed by atoms with E-state index >= 15 is 0 Å². The number of rotatable bonds is 8. The molecule has 1 aliphatic heterocycles. The second kappa shape index (κ2) is 9.22. The molecule has 6 heteroatoms. The average Bonchev–Trinajstić information content (AvgIpc) is 2.97. The fourth-order valence-electron chi connectivity index (χ4n) is 4.21. The van der Waals surface area contributed by atoms with E-state index in [0.717, 1.165) is 34.8 Å². The van der Waals surface area contributed by atoms with Gasteiger partial charge in [0, 0.05) is 29.6 Å². The van der Waals surface area contributed by atoms with Crippen molar-refractivity contribution in [2.75, 3.05) is 31.9 Å². The number of ether oxygens (including phenoxy) is 2. The number of nitrogens with zero attached hydrogens (tertiary/aromatic N) is 2. The number of fused-ring (bicyclic) bond motifs is 1. The number of likely N-dealkylation sites (N-methyl/N-ethyl adjacent to an activating group) is 1. The van der Waals surface area contributed by atoms with Gasteiger partial charge in [-0.3, -0.25) is 4.99 Å². The van der Waals surface area contributed by atoms with Gasteiger partial charge in [-0.2, -0.15) is 0 Å². The Balaban J connectivity index is 2.10. The van der Waals surface area contributed by atoms with Crippen LogP contribution in [0.3, 0.4) is 0 Å². The first-order valence-corrected chi connectivity index (χ1v) is 10.2. The van der Waals surface area contributed by atoms with Crippen LogP contribution in [0.5, 0.6) is 17.2 Å². The predicted octanol–water partition coefficient (Wildman–Crippen LogP) is 4.04. The van der Waals surface area contributed by atoms with Crippen molar-refractivity contribution in [1.82, 2.24) is 0 Å². The first kappa shape index (κ1) is 21.7. The molecule has 0 amide bonds. The SMILES string of the molecule is CCOc1ccc(CC2(C)/C(=C/C=N\CO)N(CC)c3ccc(OC)cc32)cc1O. The van der Waals surface area contributed by atoms with Crippen molar-refractivity contribution in [3.8, 4) is 17.2 Å². The number of phenols is 1. The van der Waals surface area contributed by atoms with Gasteiger partial charge >= 0.3 is 0 Å². The minimum Gasteiger partial charge on any atom is -0.504 e. The molecule has 3 rings (SSSR count). The zero-order chi connectivity index (χ0) is 21.7. The van der Waals surface area contributed by atoms with Crippen LogP contribution < -0.4 is 14.4 Å². The highest BCUT2D eigenvalue weighted by Gasteiger charge is 2.43. The average molecular weight is 411 g/mol. The first-order valence-electron chi connectivity index (χ1n) is 10.2. The van der Waals surface area contributed by atoms with Crippen molar-refractivity contribution in [1.29, 1.82) is 0 Å². The smallest absolute Gasteiger partial charge is 0.160 e. The number of allylic oxidation sites excluding steroid dienone is 2. The van der Waals surface area contributed by atoms with Crippen molar-refractivity contribution in [2.24, 2.45) is 4.99 Å². The first-order chi connectivity index (χ1) is 14.5. The summed E-state index contributed by atoms with van der Waals surface area (Å²) in [6.45, 7) is 7.23. The maximum absolute atomic E-state index is 10.4. The Morgan fingerprint density at radius 2 is 1.97 bits per heavy atom. The molecule has 0 bridgehead atoms. The van der Waals surface area contributed by atoms with Gasteiger partial charge in [0.15, 0.2) is 11.5 Å². The van der Waals surface area contributed by atoms with Gasteiger partial charge in [-0.1, -0.05) is 6.07 Å². The number of hydrogen-bond acceptors (Lipinski definition) is 6. The van der Waals surface area contributed by atoms with E-state index in [1.54, 1.807) is 19.4 Å². The Bertz CT molecular complexity index is 954. The highest BCUT2D eigenvalue weighted by molar-refractivity contribution is 5.80. The van der Waals surface area contributed by atoms with E-state index in [4.69, 9.17) is 14.6 Å². The van der Waals surface area contributed by atoms with Gasteiger partial charge in [-0.15, -0.1) is 0 Å². The Kier molecular flexibility index (Phi) is 6.67. The van der Waals surface area contributed by atoms with Crippen LogP contribution >= 0.6 is 0 Å². The standard InChI is InChI=1S/C24H30N2O4/c1-5-26-20-9-8-18(29-4)14-19(20)24(3,23(26)11-12-25-16-27)15-17-7-10-22(30-6-2)21(28)13-17/h7-14,27-28H,5-6,15-16H2,1-4H3/b23-11-,25-12-. The van der Waals surface area contributed by atoms with Gasteiger partial charge in [0.2, 0.25) is 0 Å². The van der Waals surface area contributed by atoms with Crippen LogP contribution in [0, 0.1) is 0 Å². The number of aliphatic hydroxyl groups is 1. The van der Waals surface area contributed by atoms with E-state index in [1.807, 2.05) is 31.2 Å². The third kappa shape index (κ3) is 4.00. The van der Waals surface area contributed by atoms with Crippen LogP contribution in [-0.4, -0.2) is 43.4 Å². The zero-order valence-corrected chi connectivity index (χ0v) is 18.1. The number of phenolic OH excluding ortho intramolecular Hbond substituents is 1. The Morgan fingerprint density at radius 3 is 2.60 bits per heavy atom. The molecule has 0 radical (unpaired) electrons. The lowest BCUT2D eigenvalue weighted by molar-refractivity contribution is 0.310. The highest BCUT2D eigenvalue weighted by atomic mass is 16.5. The minimum atomic E-state index is -0.374. The van der Waals surface area contributed by atoms with Gasteiger partial charge in [0.25, 0.3) is 0 Å². The number of aliphatic hydroxyl groups excluding tert-OH is 1. The summed E-state index contributed by atoms with van der Waals surface area (Å²) in [6.07, 6.45) is 4.28. The molecular formula is C24H30N2O4. The molecule has 0 saturated heterocycles. The maximum Gasteiger partial charge on any atom is 0.160 e. The lowest BCUT2D eigenvalue weighted by Crippen LogP contribution is -2.30. The lowest BCUT2D eigenvalue weighted by atomic mass is 9.76. The normalized spacial score (nSPS) is 19.5. The van der Waals surface area contributed by atoms with Crippen molar-refractivity contribution in [3.63, 3.8) is 0 Å². The summed E-state index contributed by atoms with van der Waals surface area (Å²) in [4.78, 5) is 6.22. The topological polar surface area (TPSA) is 74.5 Å². The molecule has 1 aliphatic rings. The molecule has 2 N–H and O–H groups in total. The van der Waals surface area contributed by atoms with Gasteiger partial charge in [-0.05, 0) is 74.7 Å². The molecule has 30 heavy (non-hydrogen) atoms. The van der Waals surface area contributed by atoms with E-state index < -0.39 is 0 Å². The Morgan fingerprint density at radius 1 is 1.17 bits per heavy atom. The van der Waals surface area contributed by atoms with Crippen molar-refractivity contribution in [3.05, 3.63) is 59.3 Å². The maximum atomic E-state index is 10.4. The van der Waals surface area contributed by atoms with Gasteiger partial charge in [-0.25, -0.2) is 0 Å². The Labute approximate surface area is 178 Å². The Hall–Kier alpha value is -2.99. The molecular weight excluding hydrogens is 380 g/mol. The van der Waals surface area contributed by atoms with Crippen LogP contribution in [-0.2, 0) is 11.8 Å². The van der Waals surface area contributed by atoms with Crippen molar-refractivity contribution in [2.45, 2.75) is 32.6 Å². The van der Waals surface area contributed by atoms with Crippen LogP contribution in [0.25, 0.3) is 0 Å². The molecule has 160 valence electrons. The number of aliphatic imine (C=N–C) groups is 1. The molecule has 0 saturated carbocycles. The molecule has 2 aromatic carbocycles. The lowest BCUT2D eigenvalue weighted by Gasteiger charge is -2.30. The van der Waals surface area contributed by atoms with E-state index in [0.29, 0.717) is 18.8 Å². The quantitative estimate of drug-likeness (QED) is 0.643. The van der Waals surface area contributed by atoms with Crippen molar-refractivity contribution >= 4 is 11.9 Å². The third-order valence-corrected chi connectivity index (χ3v) is 5.56. The highest BCUT2D eigenvalue weighted by Crippen LogP contribution is 2.50. The molecule has 2 aromatic rings. The summed E-state index contributed by atoms with van der Waals surface area (Å²) in [7, 11) is 1.67. The van der Waals surface area contributed by atoms with E-state index in [2.05, 4.69) is 35.9 Å². The molecule has 0 fully saturated rings. The summed E-state index contributed by atoms with van der Waals surface area (Å²) in [5.41, 5.74) is 3.98. The van der Waals surface area contributed by atoms with E-state index in [9.17, 15) is 5.11 Å². The number of benzene rings is 2. The van der Waals surface area contributed by atoms with Gasteiger partial charge in [0.1, 0.15) is 12.5 Å². The number of aromatic hydroxyl groups is 1. The van der Waals surface area contributed by atoms with Gasteiger partial charge in [0.05, 0.1) is 13.7 Å². The minimum absolute atomic E-state index is 0.140.